The molecule has 3 aromatic rings. The summed E-state index contributed by atoms with van der Waals surface area (Å²) in [6.45, 7) is 2.36. The van der Waals surface area contributed by atoms with Crippen LogP contribution < -0.4 is 5.32 Å². The molecular weight excluding hydrogens is 370 g/mol. The highest BCUT2D eigenvalue weighted by Crippen LogP contribution is 2.33. The first-order valence-corrected chi connectivity index (χ1v) is 9.15. The number of carbonyl (C=O) groups excluding carboxylic acids is 1. The molecule has 1 aliphatic heterocycles. The van der Waals surface area contributed by atoms with Crippen LogP contribution >= 0.6 is 11.3 Å². The smallest absolute Gasteiger partial charge is 0.280 e. The third-order valence-corrected chi connectivity index (χ3v) is 5.31. The van der Waals surface area contributed by atoms with Crippen LogP contribution in [0.1, 0.15) is 40.0 Å². The van der Waals surface area contributed by atoms with Gasteiger partial charge in [-0.15, -0.1) is 10.2 Å². The minimum atomic E-state index is -0.492. The monoisotopic (exact) mass is 385 g/mol. The quantitative estimate of drug-likeness (QED) is 0.540. The number of carbonyl (C=O) groups is 1. The SMILES string of the molecule is Cc1ccc2c(C(=O)Nc3nnc(C4CCCO4)s3)nccc2c1[N+](=O)[O-]. The van der Waals surface area contributed by atoms with E-state index in [0.29, 0.717) is 28.1 Å². The number of anilines is 1. The molecule has 1 aromatic carbocycles. The number of aromatic nitrogens is 3. The Labute approximate surface area is 157 Å². The van der Waals surface area contributed by atoms with Gasteiger partial charge in [-0.05, 0) is 25.8 Å². The van der Waals surface area contributed by atoms with Gasteiger partial charge in [0.25, 0.3) is 11.6 Å². The van der Waals surface area contributed by atoms with E-state index >= 15 is 0 Å². The van der Waals surface area contributed by atoms with Crippen molar-refractivity contribution in [3.63, 3.8) is 0 Å². The van der Waals surface area contributed by atoms with E-state index in [0.717, 1.165) is 17.8 Å². The van der Waals surface area contributed by atoms with E-state index in [2.05, 4.69) is 20.5 Å². The molecule has 1 atom stereocenters. The highest BCUT2D eigenvalue weighted by molar-refractivity contribution is 7.15. The zero-order chi connectivity index (χ0) is 19.0. The van der Waals surface area contributed by atoms with Gasteiger partial charge in [0.15, 0.2) is 0 Å². The lowest BCUT2D eigenvalue weighted by Gasteiger charge is -2.07. The number of nitro benzene ring substituents is 1. The van der Waals surface area contributed by atoms with Crippen LogP contribution in [0, 0.1) is 17.0 Å². The molecule has 0 saturated carbocycles. The maximum atomic E-state index is 12.7. The molecule has 9 nitrogen and oxygen atoms in total. The van der Waals surface area contributed by atoms with Crippen LogP contribution in [0.2, 0.25) is 0 Å². The van der Waals surface area contributed by atoms with Crippen LogP contribution in [0.4, 0.5) is 10.8 Å². The van der Waals surface area contributed by atoms with E-state index in [1.54, 1.807) is 19.1 Å². The Morgan fingerprint density at radius 2 is 2.19 bits per heavy atom. The summed E-state index contributed by atoms with van der Waals surface area (Å²) in [5, 5.41) is 24.0. The predicted octanol–water partition coefficient (Wildman–Crippen LogP) is 3.41. The summed E-state index contributed by atoms with van der Waals surface area (Å²) in [5.41, 5.74) is 0.598. The van der Waals surface area contributed by atoms with Gasteiger partial charge in [0.05, 0.1) is 10.3 Å². The van der Waals surface area contributed by atoms with Crippen molar-refractivity contribution in [3.8, 4) is 0 Å². The van der Waals surface area contributed by atoms with Gasteiger partial charge in [0.2, 0.25) is 5.13 Å². The predicted molar refractivity (Wildman–Crippen MR) is 98.9 cm³/mol. The molecule has 10 heteroatoms. The first kappa shape index (κ1) is 17.4. The highest BCUT2D eigenvalue weighted by atomic mass is 32.1. The van der Waals surface area contributed by atoms with Gasteiger partial charge in [-0.2, -0.15) is 0 Å². The van der Waals surface area contributed by atoms with Gasteiger partial charge in [-0.1, -0.05) is 23.5 Å². The van der Waals surface area contributed by atoms with Crippen molar-refractivity contribution < 1.29 is 14.5 Å². The zero-order valence-electron chi connectivity index (χ0n) is 14.3. The van der Waals surface area contributed by atoms with Crippen LogP contribution in [0.3, 0.4) is 0 Å². The average Bonchev–Trinajstić information content (AvgIpc) is 3.32. The number of benzene rings is 1. The Morgan fingerprint density at radius 3 is 2.93 bits per heavy atom. The largest absolute Gasteiger partial charge is 0.371 e. The van der Waals surface area contributed by atoms with Crippen molar-refractivity contribution in [2.75, 3.05) is 11.9 Å². The molecule has 1 unspecified atom stereocenters. The number of amides is 1. The molecule has 3 heterocycles. The lowest BCUT2D eigenvalue weighted by Crippen LogP contribution is -2.14. The number of nitro groups is 1. The Hall–Kier alpha value is -2.98. The fraction of sp³-hybridized carbons (Fsp3) is 0.294. The van der Waals surface area contributed by atoms with Gasteiger partial charge in [0, 0.05) is 23.8 Å². The van der Waals surface area contributed by atoms with E-state index in [9.17, 15) is 14.9 Å². The average molecular weight is 385 g/mol. The molecule has 1 aliphatic rings. The fourth-order valence-electron chi connectivity index (χ4n) is 3.12. The number of pyridine rings is 1. The van der Waals surface area contributed by atoms with Crippen molar-refractivity contribution in [2.24, 2.45) is 0 Å². The number of nitrogens with one attached hydrogen (secondary N) is 1. The van der Waals surface area contributed by atoms with Gasteiger partial charge in [0.1, 0.15) is 16.8 Å². The first-order valence-electron chi connectivity index (χ1n) is 8.33. The van der Waals surface area contributed by atoms with Gasteiger partial charge in [-0.3, -0.25) is 25.2 Å². The summed E-state index contributed by atoms with van der Waals surface area (Å²) in [6, 6.07) is 4.81. The molecular formula is C17H15N5O4S. The highest BCUT2D eigenvalue weighted by Gasteiger charge is 2.24. The fourth-order valence-corrected chi connectivity index (χ4v) is 3.94. The molecule has 0 bridgehead atoms. The molecule has 4 rings (SSSR count). The van der Waals surface area contributed by atoms with Crippen molar-refractivity contribution >= 4 is 38.8 Å². The van der Waals surface area contributed by atoms with Crippen molar-refractivity contribution in [1.82, 2.24) is 15.2 Å². The second kappa shape index (κ2) is 6.97. The third-order valence-electron chi connectivity index (χ3n) is 4.38. The van der Waals surface area contributed by atoms with E-state index in [4.69, 9.17) is 4.74 Å². The molecule has 0 spiro atoms. The maximum Gasteiger partial charge on any atom is 0.280 e. The Morgan fingerprint density at radius 1 is 1.33 bits per heavy atom. The molecule has 27 heavy (non-hydrogen) atoms. The van der Waals surface area contributed by atoms with E-state index in [-0.39, 0.29) is 17.5 Å². The van der Waals surface area contributed by atoms with E-state index in [1.165, 1.54) is 23.6 Å². The van der Waals surface area contributed by atoms with Crippen molar-refractivity contribution in [1.29, 1.82) is 0 Å². The first-order chi connectivity index (χ1) is 13.0. The minimum absolute atomic E-state index is 0.0273. The topological polar surface area (TPSA) is 120 Å². The lowest BCUT2D eigenvalue weighted by atomic mass is 10.0. The number of rotatable bonds is 4. The molecule has 1 amide bonds. The Kier molecular flexibility index (Phi) is 4.50. The summed E-state index contributed by atoms with van der Waals surface area (Å²) in [4.78, 5) is 27.7. The second-order valence-corrected chi connectivity index (χ2v) is 7.15. The van der Waals surface area contributed by atoms with Crippen LogP contribution in [0.15, 0.2) is 24.4 Å². The zero-order valence-corrected chi connectivity index (χ0v) is 15.2. The summed E-state index contributed by atoms with van der Waals surface area (Å²) in [7, 11) is 0. The third kappa shape index (κ3) is 3.24. The van der Waals surface area contributed by atoms with Crippen LogP contribution in [-0.4, -0.2) is 32.6 Å². The molecule has 1 fully saturated rings. The summed E-state index contributed by atoms with van der Waals surface area (Å²) >= 11 is 1.25. The van der Waals surface area contributed by atoms with E-state index in [1.807, 2.05) is 0 Å². The lowest BCUT2D eigenvalue weighted by molar-refractivity contribution is -0.383. The number of aryl methyl sites for hydroxylation is 1. The Bertz CT molecular complexity index is 1040. The van der Waals surface area contributed by atoms with Crippen LogP contribution in [0.25, 0.3) is 10.8 Å². The summed E-state index contributed by atoms with van der Waals surface area (Å²) in [5.74, 6) is -0.492. The minimum Gasteiger partial charge on any atom is -0.371 e. The molecule has 0 radical (unpaired) electrons. The second-order valence-electron chi connectivity index (χ2n) is 6.14. The number of ether oxygens (including phenoxy) is 1. The maximum absolute atomic E-state index is 12.7. The van der Waals surface area contributed by atoms with Gasteiger partial charge in [-0.25, -0.2) is 0 Å². The van der Waals surface area contributed by atoms with E-state index < -0.39 is 10.8 Å². The normalized spacial score (nSPS) is 16.6. The number of nitrogens with zero attached hydrogens (tertiary/aromatic N) is 4. The number of hydrogen-bond donors (Lipinski definition) is 1. The Balaban J connectivity index is 1.65. The van der Waals surface area contributed by atoms with Crippen molar-refractivity contribution in [3.05, 3.63) is 50.8 Å². The molecule has 1 N–H and O–H groups in total. The van der Waals surface area contributed by atoms with Gasteiger partial charge >= 0.3 is 0 Å². The summed E-state index contributed by atoms with van der Waals surface area (Å²) in [6.07, 6.45) is 3.18. The van der Waals surface area contributed by atoms with Crippen molar-refractivity contribution in [2.45, 2.75) is 25.9 Å². The van der Waals surface area contributed by atoms with Crippen LogP contribution in [-0.2, 0) is 4.74 Å². The number of hydrogen-bond acceptors (Lipinski definition) is 8. The molecule has 0 aliphatic carbocycles. The molecule has 138 valence electrons. The van der Waals surface area contributed by atoms with Crippen LogP contribution in [0.5, 0.6) is 0 Å². The van der Waals surface area contributed by atoms with Gasteiger partial charge < -0.3 is 4.74 Å². The molecule has 1 saturated heterocycles. The summed E-state index contributed by atoms with van der Waals surface area (Å²) < 4.78 is 5.57. The number of fused-ring (bicyclic) bond motifs is 1. The molecule has 2 aromatic heterocycles. The standard InChI is InChI=1S/C17H15N5O4S/c1-9-4-5-10-11(14(9)22(24)25)6-7-18-13(10)15(23)19-17-21-20-16(27-17)12-3-2-8-26-12/h4-7,12H,2-3,8H2,1H3,(H,19,21,23).